The molecule has 0 unspecified atom stereocenters. The van der Waals surface area contributed by atoms with Gasteiger partial charge in [0.05, 0.1) is 0 Å². The van der Waals surface area contributed by atoms with Crippen molar-refractivity contribution < 1.29 is 0 Å². The van der Waals surface area contributed by atoms with Gasteiger partial charge in [0.15, 0.2) is 0 Å². The van der Waals surface area contributed by atoms with Crippen molar-refractivity contribution in [3.63, 3.8) is 0 Å². The maximum atomic E-state index is 2.49. The Morgan fingerprint density at radius 1 is 0.680 bits per heavy atom. The van der Waals surface area contributed by atoms with Crippen LogP contribution in [0.1, 0.15) is 67.2 Å². The molecule has 136 valence electrons. The minimum absolute atomic E-state index is 0.261. The first-order valence-electron chi connectivity index (χ1n) is 9.77. The van der Waals surface area contributed by atoms with E-state index < -0.39 is 0 Å². The van der Waals surface area contributed by atoms with E-state index in [1.165, 1.54) is 36.8 Å². The second-order valence-corrected chi connectivity index (χ2v) is 12.0. The van der Waals surface area contributed by atoms with Crippen LogP contribution < -0.4 is 5.30 Å². The van der Waals surface area contributed by atoms with Gasteiger partial charge in [0.25, 0.3) is 0 Å². The van der Waals surface area contributed by atoms with E-state index in [9.17, 15) is 0 Å². The molecule has 0 bridgehead atoms. The largest absolute Gasteiger partial charge is 0.0653 e. The molecular formula is C24H35P. The fraction of sp³-hybridized carbons (Fsp3) is 0.500. The average molecular weight is 355 g/mol. The van der Waals surface area contributed by atoms with Crippen LogP contribution in [0.15, 0.2) is 54.6 Å². The third-order valence-electron chi connectivity index (χ3n) is 5.15. The molecule has 0 saturated carbocycles. The molecule has 0 aliphatic heterocycles. The molecule has 0 amide bonds. The average Bonchev–Trinajstić information content (AvgIpc) is 2.55. The molecule has 0 radical (unpaired) electrons. The van der Waals surface area contributed by atoms with Crippen molar-refractivity contribution >= 4 is 13.2 Å². The lowest BCUT2D eigenvalue weighted by atomic mass is 10.1. The molecule has 2 aromatic carbocycles. The molecule has 0 aromatic heterocycles. The van der Waals surface area contributed by atoms with Crippen molar-refractivity contribution in [2.75, 3.05) is 0 Å². The van der Waals surface area contributed by atoms with Crippen molar-refractivity contribution in [3.8, 4) is 11.1 Å². The fourth-order valence-corrected chi connectivity index (χ4v) is 8.86. The predicted octanol–water partition coefficient (Wildman–Crippen LogP) is 7.62. The summed E-state index contributed by atoms with van der Waals surface area (Å²) in [5.41, 5.74) is 2.67. The van der Waals surface area contributed by atoms with E-state index in [2.05, 4.69) is 96.1 Å². The van der Waals surface area contributed by atoms with E-state index in [0.29, 0.717) is 10.3 Å². The molecule has 0 aliphatic rings. The highest BCUT2D eigenvalue weighted by atomic mass is 31.1. The quantitative estimate of drug-likeness (QED) is 0.428. The Morgan fingerprint density at radius 3 is 1.72 bits per heavy atom. The molecule has 0 aliphatic carbocycles. The number of benzene rings is 2. The molecular weight excluding hydrogens is 319 g/mol. The Bertz CT molecular complexity index is 637. The smallest absolute Gasteiger partial charge is 0.0106 e. The standard InChI is InChI=1S/C24H35P/c1-7-17-23(3,4)25(24(5,6)18-8-2)22-16-12-15-21(19-22)20-13-10-9-11-14-20/h9-16,19H,7-8,17-18H2,1-6H3. The first-order chi connectivity index (χ1) is 11.8. The van der Waals surface area contributed by atoms with E-state index in [1.54, 1.807) is 5.30 Å². The van der Waals surface area contributed by atoms with E-state index in [0.717, 1.165) is 0 Å². The Labute approximate surface area is 156 Å². The van der Waals surface area contributed by atoms with Gasteiger partial charge < -0.3 is 0 Å². The fourth-order valence-electron chi connectivity index (χ4n) is 4.42. The highest BCUT2D eigenvalue weighted by molar-refractivity contribution is 7.68. The Balaban J connectivity index is 2.51. The van der Waals surface area contributed by atoms with Crippen LogP contribution in [0.4, 0.5) is 0 Å². The SMILES string of the molecule is CCCC(C)(C)P(c1cccc(-c2ccccc2)c1)C(C)(C)CCC. The summed E-state index contributed by atoms with van der Waals surface area (Å²) < 4.78 is 0. The summed E-state index contributed by atoms with van der Waals surface area (Å²) in [4.78, 5) is 0. The summed E-state index contributed by atoms with van der Waals surface area (Å²) in [6, 6.07) is 20.2. The lowest BCUT2D eigenvalue weighted by Gasteiger charge is -2.46. The number of hydrogen-bond donors (Lipinski definition) is 0. The van der Waals surface area contributed by atoms with Crippen LogP contribution in [0.3, 0.4) is 0 Å². The van der Waals surface area contributed by atoms with Crippen molar-refractivity contribution in [2.24, 2.45) is 0 Å². The Morgan fingerprint density at radius 2 is 1.20 bits per heavy atom. The second kappa shape index (κ2) is 8.50. The molecule has 0 fully saturated rings. The van der Waals surface area contributed by atoms with Gasteiger partial charge in [-0.15, -0.1) is 0 Å². The summed E-state index contributed by atoms with van der Waals surface area (Å²) in [6.45, 7) is 14.6. The zero-order valence-electron chi connectivity index (χ0n) is 17.0. The lowest BCUT2D eigenvalue weighted by Crippen LogP contribution is -2.35. The Kier molecular flexibility index (Phi) is 6.86. The van der Waals surface area contributed by atoms with Gasteiger partial charge in [-0.05, 0) is 45.7 Å². The van der Waals surface area contributed by atoms with E-state index in [-0.39, 0.29) is 7.92 Å². The van der Waals surface area contributed by atoms with Crippen LogP contribution in [0, 0.1) is 0 Å². The molecule has 2 rings (SSSR count). The van der Waals surface area contributed by atoms with Crippen LogP contribution in [0.5, 0.6) is 0 Å². The normalized spacial score (nSPS) is 12.6. The third kappa shape index (κ3) is 4.95. The number of hydrogen-bond acceptors (Lipinski definition) is 0. The van der Waals surface area contributed by atoms with Crippen LogP contribution in [-0.2, 0) is 0 Å². The van der Waals surface area contributed by atoms with Gasteiger partial charge in [-0.1, -0.05) is 111 Å². The molecule has 2 aromatic rings. The summed E-state index contributed by atoms with van der Waals surface area (Å²) in [5, 5.41) is 2.28. The zero-order chi connectivity index (χ0) is 18.5. The summed E-state index contributed by atoms with van der Waals surface area (Å²) >= 11 is 0. The van der Waals surface area contributed by atoms with E-state index in [4.69, 9.17) is 0 Å². The lowest BCUT2D eigenvalue weighted by molar-refractivity contribution is 0.563. The first-order valence-corrected chi connectivity index (χ1v) is 11.1. The second-order valence-electron chi connectivity index (χ2n) is 8.38. The highest BCUT2D eigenvalue weighted by Gasteiger charge is 2.40. The minimum atomic E-state index is -0.261. The van der Waals surface area contributed by atoms with Crippen LogP contribution >= 0.6 is 7.92 Å². The maximum absolute atomic E-state index is 2.49. The molecule has 0 spiro atoms. The van der Waals surface area contributed by atoms with E-state index >= 15 is 0 Å². The highest BCUT2D eigenvalue weighted by Crippen LogP contribution is 2.61. The zero-order valence-corrected chi connectivity index (χ0v) is 17.9. The Hall–Kier alpha value is -1.13. The molecule has 25 heavy (non-hydrogen) atoms. The van der Waals surface area contributed by atoms with Gasteiger partial charge in [0.2, 0.25) is 0 Å². The monoisotopic (exact) mass is 354 g/mol. The first kappa shape index (κ1) is 20.2. The van der Waals surface area contributed by atoms with Crippen LogP contribution in [0.2, 0.25) is 0 Å². The van der Waals surface area contributed by atoms with Crippen molar-refractivity contribution in [2.45, 2.75) is 77.5 Å². The van der Waals surface area contributed by atoms with Gasteiger partial charge in [-0.25, -0.2) is 0 Å². The number of rotatable bonds is 8. The van der Waals surface area contributed by atoms with Crippen LogP contribution in [-0.4, -0.2) is 10.3 Å². The molecule has 0 heterocycles. The van der Waals surface area contributed by atoms with E-state index in [1.807, 2.05) is 0 Å². The van der Waals surface area contributed by atoms with Crippen molar-refractivity contribution in [1.82, 2.24) is 0 Å². The van der Waals surface area contributed by atoms with Gasteiger partial charge in [-0.3, -0.25) is 0 Å². The molecule has 0 nitrogen and oxygen atoms in total. The summed E-state index contributed by atoms with van der Waals surface area (Å²) in [7, 11) is -0.261. The van der Waals surface area contributed by atoms with Gasteiger partial charge in [0.1, 0.15) is 0 Å². The maximum Gasteiger partial charge on any atom is -0.0106 e. The molecule has 0 atom stereocenters. The molecule has 0 saturated heterocycles. The van der Waals surface area contributed by atoms with Gasteiger partial charge in [0, 0.05) is 0 Å². The van der Waals surface area contributed by atoms with Crippen LogP contribution in [0.25, 0.3) is 11.1 Å². The van der Waals surface area contributed by atoms with Gasteiger partial charge >= 0.3 is 0 Å². The van der Waals surface area contributed by atoms with Gasteiger partial charge in [-0.2, -0.15) is 0 Å². The summed E-state index contributed by atoms with van der Waals surface area (Å²) in [6.07, 6.45) is 5.10. The topological polar surface area (TPSA) is 0 Å². The molecule has 0 N–H and O–H groups in total. The van der Waals surface area contributed by atoms with Crippen molar-refractivity contribution in [1.29, 1.82) is 0 Å². The summed E-state index contributed by atoms with van der Waals surface area (Å²) in [5.74, 6) is 0. The minimum Gasteiger partial charge on any atom is -0.0653 e. The third-order valence-corrected chi connectivity index (χ3v) is 8.81. The predicted molar refractivity (Wildman–Crippen MR) is 116 cm³/mol. The molecule has 1 heteroatoms. The van der Waals surface area contributed by atoms with Crippen molar-refractivity contribution in [3.05, 3.63) is 54.6 Å².